The molecule has 0 atom stereocenters. The molecule has 1 aliphatic heterocycles. The molecule has 6 nitrogen and oxygen atoms in total. The molecule has 0 aliphatic carbocycles. The number of hydrogen-bond acceptors (Lipinski definition) is 5. The number of carbonyl (C=O) groups excluding carboxylic acids is 1. The summed E-state index contributed by atoms with van der Waals surface area (Å²) in [4.78, 5) is 23.3. The quantitative estimate of drug-likeness (QED) is 0.797. The van der Waals surface area contributed by atoms with E-state index >= 15 is 0 Å². The van der Waals surface area contributed by atoms with Gasteiger partial charge in [0.05, 0.1) is 0 Å². The maximum Gasteiger partial charge on any atom is 0.251 e. The van der Waals surface area contributed by atoms with Crippen molar-refractivity contribution in [1.82, 2.24) is 15.3 Å². The molecule has 0 unspecified atom stereocenters. The van der Waals surface area contributed by atoms with Crippen LogP contribution in [0.4, 0.5) is 11.8 Å². The zero-order valence-electron chi connectivity index (χ0n) is 14.0. The Morgan fingerprint density at radius 1 is 1.12 bits per heavy atom. The van der Waals surface area contributed by atoms with Gasteiger partial charge in [0.2, 0.25) is 5.95 Å². The van der Waals surface area contributed by atoms with Gasteiger partial charge in [0.1, 0.15) is 5.82 Å². The van der Waals surface area contributed by atoms with E-state index in [1.807, 2.05) is 31.2 Å². The van der Waals surface area contributed by atoms with Gasteiger partial charge >= 0.3 is 0 Å². The third-order valence-electron chi connectivity index (χ3n) is 4.00. The first-order valence-corrected chi connectivity index (χ1v) is 8.40. The van der Waals surface area contributed by atoms with E-state index in [-0.39, 0.29) is 5.91 Å². The molecule has 6 heteroatoms. The first-order chi connectivity index (χ1) is 11.7. The summed E-state index contributed by atoms with van der Waals surface area (Å²) in [6.45, 7) is 5.20. The third-order valence-corrected chi connectivity index (χ3v) is 4.00. The second kappa shape index (κ2) is 7.77. The van der Waals surface area contributed by atoms with Crippen LogP contribution in [-0.4, -0.2) is 42.1 Å². The number of amides is 1. The van der Waals surface area contributed by atoms with Gasteiger partial charge in [-0.1, -0.05) is 18.2 Å². The predicted molar refractivity (Wildman–Crippen MR) is 95.5 cm³/mol. The van der Waals surface area contributed by atoms with Crippen LogP contribution in [0.25, 0.3) is 0 Å². The molecule has 0 saturated carbocycles. The molecule has 0 bridgehead atoms. The fourth-order valence-corrected chi connectivity index (χ4v) is 2.78. The van der Waals surface area contributed by atoms with Crippen molar-refractivity contribution in [3.05, 3.63) is 47.7 Å². The molecule has 2 N–H and O–H groups in total. The smallest absolute Gasteiger partial charge is 0.251 e. The summed E-state index contributed by atoms with van der Waals surface area (Å²) in [6.07, 6.45) is 2.44. The molecular formula is C18H23N5O. The van der Waals surface area contributed by atoms with Crippen LogP contribution in [0.2, 0.25) is 0 Å². The number of nitrogens with zero attached hydrogens (tertiary/aromatic N) is 3. The van der Waals surface area contributed by atoms with E-state index < -0.39 is 0 Å². The Hall–Kier alpha value is -2.63. The molecule has 0 spiro atoms. The van der Waals surface area contributed by atoms with Crippen LogP contribution in [0.5, 0.6) is 0 Å². The first kappa shape index (κ1) is 16.2. The summed E-state index contributed by atoms with van der Waals surface area (Å²) < 4.78 is 0. The molecule has 0 radical (unpaired) electrons. The van der Waals surface area contributed by atoms with Crippen LogP contribution >= 0.6 is 0 Å². The largest absolute Gasteiger partial charge is 0.356 e. The average Bonchev–Trinajstić information content (AvgIpc) is 3.13. The standard InChI is InChI=1S/C18H23N5O/c1-14-13-16(23-11-5-6-12-23)22-18(21-14)20-10-9-19-17(24)15-7-3-2-4-8-15/h2-4,7-8,13H,5-6,9-12H2,1H3,(H,19,24)(H,20,21,22). The number of aromatic nitrogens is 2. The number of benzene rings is 1. The van der Waals surface area contributed by atoms with Crippen LogP contribution in [0.3, 0.4) is 0 Å². The number of rotatable bonds is 6. The fraction of sp³-hybridized carbons (Fsp3) is 0.389. The van der Waals surface area contributed by atoms with Gasteiger partial charge in [-0.25, -0.2) is 4.98 Å². The summed E-state index contributed by atoms with van der Waals surface area (Å²) in [5, 5.41) is 6.08. The van der Waals surface area contributed by atoms with Crippen molar-refractivity contribution in [2.24, 2.45) is 0 Å². The van der Waals surface area contributed by atoms with Gasteiger partial charge in [-0.3, -0.25) is 4.79 Å². The Balaban J connectivity index is 1.50. The van der Waals surface area contributed by atoms with E-state index in [0.717, 1.165) is 24.6 Å². The molecule has 2 aromatic rings. The van der Waals surface area contributed by atoms with Crippen LogP contribution in [0.1, 0.15) is 28.9 Å². The van der Waals surface area contributed by atoms with Crippen LogP contribution < -0.4 is 15.5 Å². The molecule has 24 heavy (non-hydrogen) atoms. The van der Waals surface area contributed by atoms with Gasteiger partial charge in [-0.05, 0) is 31.9 Å². The number of anilines is 2. The second-order valence-electron chi connectivity index (χ2n) is 5.93. The van der Waals surface area contributed by atoms with Crippen LogP contribution in [-0.2, 0) is 0 Å². The Bertz CT molecular complexity index is 683. The summed E-state index contributed by atoms with van der Waals surface area (Å²) in [5.74, 6) is 1.53. The SMILES string of the molecule is Cc1cc(N2CCCC2)nc(NCCNC(=O)c2ccccc2)n1. The van der Waals surface area contributed by atoms with E-state index in [0.29, 0.717) is 24.6 Å². The summed E-state index contributed by atoms with van der Waals surface area (Å²) in [6, 6.07) is 11.2. The highest BCUT2D eigenvalue weighted by atomic mass is 16.1. The Labute approximate surface area is 142 Å². The zero-order chi connectivity index (χ0) is 16.8. The van der Waals surface area contributed by atoms with Gasteiger partial charge in [0.25, 0.3) is 5.91 Å². The van der Waals surface area contributed by atoms with Crippen LogP contribution in [0, 0.1) is 6.92 Å². The van der Waals surface area contributed by atoms with Gasteiger partial charge in [-0.2, -0.15) is 4.98 Å². The number of aryl methyl sites for hydroxylation is 1. The van der Waals surface area contributed by atoms with Crippen LogP contribution in [0.15, 0.2) is 36.4 Å². The Morgan fingerprint density at radius 2 is 1.88 bits per heavy atom. The minimum atomic E-state index is -0.0692. The molecule has 1 amide bonds. The second-order valence-corrected chi connectivity index (χ2v) is 5.93. The number of carbonyl (C=O) groups is 1. The summed E-state index contributed by atoms with van der Waals surface area (Å²) in [7, 11) is 0. The lowest BCUT2D eigenvalue weighted by Crippen LogP contribution is -2.29. The predicted octanol–water partition coefficient (Wildman–Crippen LogP) is 2.23. The van der Waals surface area contributed by atoms with Gasteiger partial charge in [0.15, 0.2) is 0 Å². The molecule has 1 saturated heterocycles. The molecule has 2 heterocycles. The molecular weight excluding hydrogens is 302 g/mol. The van der Waals surface area contributed by atoms with E-state index in [1.54, 1.807) is 12.1 Å². The molecule has 3 rings (SSSR count). The van der Waals surface area contributed by atoms with Crippen molar-refractivity contribution >= 4 is 17.7 Å². The van der Waals surface area contributed by atoms with E-state index in [2.05, 4.69) is 25.5 Å². The number of nitrogens with one attached hydrogen (secondary N) is 2. The Morgan fingerprint density at radius 3 is 2.62 bits per heavy atom. The van der Waals surface area contributed by atoms with Gasteiger partial charge in [0, 0.05) is 43.5 Å². The monoisotopic (exact) mass is 325 g/mol. The van der Waals surface area contributed by atoms with Gasteiger partial charge in [-0.15, -0.1) is 0 Å². The first-order valence-electron chi connectivity index (χ1n) is 8.40. The molecule has 1 aliphatic rings. The van der Waals surface area contributed by atoms with Crippen molar-refractivity contribution in [2.75, 3.05) is 36.4 Å². The summed E-state index contributed by atoms with van der Waals surface area (Å²) >= 11 is 0. The topological polar surface area (TPSA) is 70.2 Å². The van der Waals surface area contributed by atoms with E-state index in [9.17, 15) is 4.79 Å². The van der Waals surface area contributed by atoms with Gasteiger partial charge < -0.3 is 15.5 Å². The highest BCUT2D eigenvalue weighted by Gasteiger charge is 2.15. The molecule has 126 valence electrons. The lowest BCUT2D eigenvalue weighted by atomic mass is 10.2. The minimum absolute atomic E-state index is 0.0692. The highest BCUT2D eigenvalue weighted by molar-refractivity contribution is 5.94. The highest BCUT2D eigenvalue weighted by Crippen LogP contribution is 2.19. The van der Waals surface area contributed by atoms with Crippen molar-refractivity contribution in [1.29, 1.82) is 0 Å². The van der Waals surface area contributed by atoms with Crippen molar-refractivity contribution in [3.8, 4) is 0 Å². The lowest BCUT2D eigenvalue weighted by molar-refractivity contribution is 0.0955. The Kier molecular flexibility index (Phi) is 5.25. The van der Waals surface area contributed by atoms with E-state index in [1.165, 1.54) is 12.8 Å². The normalized spacial score (nSPS) is 13.8. The molecule has 1 aromatic heterocycles. The third kappa shape index (κ3) is 4.22. The zero-order valence-corrected chi connectivity index (χ0v) is 14.0. The number of hydrogen-bond donors (Lipinski definition) is 2. The minimum Gasteiger partial charge on any atom is -0.356 e. The molecule has 1 fully saturated rings. The van der Waals surface area contributed by atoms with Crippen molar-refractivity contribution in [3.63, 3.8) is 0 Å². The summed E-state index contributed by atoms with van der Waals surface area (Å²) in [5.41, 5.74) is 1.61. The maximum absolute atomic E-state index is 12.0. The average molecular weight is 325 g/mol. The maximum atomic E-state index is 12.0. The molecule has 1 aromatic carbocycles. The lowest BCUT2D eigenvalue weighted by Gasteiger charge is -2.17. The van der Waals surface area contributed by atoms with E-state index in [4.69, 9.17) is 0 Å². The van der Waals surface area contributed by atoms with Crippen molar-refractivity contribution in [2.45, 2.75) is 19.8 Å². The fourth-order valence-electron chi connectivity index (χ4n) is 2.78. The van der Waals surface area contributed by atoms with Crippen molar-refractivity contribution < 1.29 is 4.79 Å².